The first kappa shape index (κ1) is 21.3. The van der Waals surface area contributed by atoms with Gasteiger partial charge in [-0.3, -0.25) is 0 Å². The molecule has 0 aliphatic heterocycles. The number of esters is 1. The Bertz CT molecular complexity index is 602. The molecular formula is C14H17N4O4Y-. The Labute approximate surface area is 159 Å². The summed E-state index contributed by atoms with van der Waals surface area (Å²) in [5.74, 6) is -0.473. The molecule has 121 valence electrons. The molecule has 0 atom stereocenters. The van der Waals surface area contributed by atoms with Crippen LogP contribution in [0.4, 0.5) is 0 Å². The molecule has 0 saturated heterocycles. The minimum absolute atomic E-state index is 0. The minimum atomic E-state index is -0.473. The number of hydrogen-bond donors (Lipinski definition) is 0. The molecule has 9 heteroatoms. The molecule has 0 bridgehead atoms. The van der Waals surface area contributed by atoms with E-state index in [0.717, 1.165) is 0 Å². The van der Waals surface area contributed by atoms with Gasteiger partial charge in [-0.1, -0.05) is 18.7 Å². The van der Waals surface area contributed by atoms with E-state index in [1.807, 2.05) is 0 Å². The molecule has 1 radical (unpaired) electrons. The number of oxime groups is 1. The van der Waals surface area contributed by atoms with E-state index < -0.39 is 5.97 Å². The number of hydrogen-bond acceptors (Lipinski definition) is 8. The Morgan fingerprint density at radius 2 is 2.17 bits per heavy atom. The zero-order valence-corrected chi connectivity index (χ0v) is 16.3. The van der Waals surface area contributed by atoms with Crippen molar-refractivity contribution in [2.24, 2.45) is 10.3 Å². The SMILES string of the molecule is C/C=C(/C(=O)OC)c1cncnc1CO/N=C(\C)[C-]=NOC.[Y]. The first-order valence-corrected chi connectivity index (χ1v) is 6.33. The maximum Gasteiger partial charge on any atom is 0.338 e. The van der Waals surface area contributed by atoms with Crippen molar-refractivity contribution >= 4 is 23.5 Å². The summed E-state index contributed by atoms with van der Waals surface area (Å²) in [6, 6.07) is 0. The fourth-order valence-electron chi connectivity index (χ4n) is 1.51. The van der Waals surface area contributed by atoms with E-state index in [4.69, 9.17) is 9.57 Å². The predicted molar refractivity (Wildman–Crippen MR) is 80.0 cm³/mol. The standard InChI is InChI=1S/C14H17N4O4.Y/c1-5-11(14(19)20-3)12-7-15-9-16-13(12)8-22-18-10(2)6-17-21-4;/h5,7,9H,8H2,1-4H3;/q-1;/b11-5+,18-10+;. The van der Waals surface area contributed by atoms with Crippen LogP contribution in [0.3, 0.4) is 0 Å². The molecule has 1 rings (SSSR count). The molecule has 0 fully saturated rings. The number of allylic oxidation sites excluding steroid dienone is 1. The zero-order chi connectivity index (χ0) is 16.4. The molecule has 0 aliphatic carbocycles. The van der Waals surface area contributed by atoms with Crippen molar-refractivity contribution in [1.29, 1.82) is 0 Å². The van der Waals surface area contributed by atoms with Crippen molar-refractivity contribution in [3.8, 4) is 0 Å². The summed E-state index contributed by atoms with van der Waals surface area (Å²) in [6.45, 7) is 3.43. The van der Waals surface area contributed by atoms with Crippen molar-refractivity contribution in [2.75, 3.05) is 14.2 Å². The van der Waals surface area contributed by atoms with Crippen LogP contribution in [0.1, 0.15) is 25.1 Å². The van der Waals surface area contributed by atoms with Gasteiger partial charge in [0.1, 0.15) is 13.4 Å². The number of methoxy groups -OCH3 is 1. The van der Waals surface area contributed by atoms with Crippen molar-refractivity contribution in [3.05, 3.63) is 29.9 Å². The first-order chi connectivity index (χ1) is 10.6. The average molecular weight is 394 g/mol. The summed E-state index contributed by atoms with van der Waals surface area (Å²) in [5.41, 5.74) is 1.79. The van der Waals surface area contributed by atoms with Gasteiger partial charge in [0.25, 0.3) is 0 Å². The molecule has 0 amide bonds. The van der Waals surface area contributed by atoms with Crippen LogP contribution in [0, 0.1) is 0 Å². The summed E-state index contributed by atoms with van der Waals surface area (Å²) >= 11 is 0. The maximum absolute atomic E-state index is 11.7. The van der Waals surface area contributed by atoms with Crippen molar-refractivity contribution < 1.29 is 51.9 Å². The first-order valence-electron chi connectivity index (χ1n) is 6.33. The molecule has 0 aromatic carbocycles. The molecule has 0 saturated carbocycles. The van der Waals surface area contributed by atoms with Crippen LogP contribution in [0.15, 0.2) is 28.9 Å². The number of carbonyl (C=O) groups excluding carboxylic acids is 1. The third-order valence-electron chi connectivity index (χ3n) is 2.48. The van der Waals surface area contributed by atoms with Gasteiger partial charge in [0.2, 0.25) is 0 Å². The van der Waals surface area contributed by atoms with Crippen LogP contribution in [-0.4, -0.2) is 42.1 Å². The second-order valence-electron chi connectivity index (χ2n) is 3.91. The Balaban J connectivity index is 0.00000484. The van der Waals surface area contributed by atoms with Crippen LogP contribution in [0.25, 0.3) is 5.57 Å². The quantitative estimate of drug-likeness (QED) is 0.228. The molecule has 0 aliphatic rings. The third kappa shape index (κ3) is 6.96. The second kappa shape index (κ2) is 11.8. The van der Waals surface area contributed by atoms with E-state index in [1.54, 1.807) is 19.9 Å². The van der Waals surface area contributed by atoms with Crippen LogP contribution < -0.4 is 0 Å². The molecular weight excluding hydrogens is 377 g/mol. The smallest absolute Gasteiger partial charge is 0.338 e. The van der Waals surface area contributed by atoms with Crippen LogP contribution in [0.5, 0.6) is 0 Å². The molecule has 1 heterocycles. The molecule has 8 nitrogen and oxygen atoms in total. The van der Waals surface area contributed by atoms with Crippen LogP contribution in [0.2, 0.25) is 0 Å². The Morgan fingerprint density at radius 3 is 2.78 bits per heavy atom. The molecule has 1 aromatic heterocycles. The van der Waals surface area contributed by atoms with E-state index in [1.165, 1.54) is 26.7 Å². The second-order valence-corrected chi connectivity index (χ2v) is 3.91. The molecule has 0 unspecified atom stereocenters. The number of ether oxygens (including phenoxy) is 1. The van der Waals surface area contributed by atoms with E-state index in [0.29, 0.717) is 22.5 Å². The normalized spacial score (nSPS) is 11.8. The summed E-state index contributed by atoms with van der Waals surface area (Å²) in [7, 11) is 2.71. The minimum Gasteiger partial charge on any atom is -0.465 e. The Kier molecular flexibility index (Phi) is 11.0. The van der Waals surface area contributed by atoms with E-state index in [-0.39, 0.29) is 39.3 Å². The van der Waals surface area contributed by atoms with Gasteiger partial charge < -0.3 is 25.8 Å². The summed E-state index contributed by atoms with van der Waals surface area (Å²) in [4.78, 5) is 29.4. The molecule has 1 aromatic rings. The monoisotopic (exact) mass is 394 g/mol. The maximum atomic E-state index is 11.7. The average Bonchev–Trinajstić information content (AvgIpc) is 2.54. The Morgan fingerprint density at radius 1 is 1.43 bits per heavy atom. The van der Waals surface area contributed by atoms with Gasteiger partial charge in [0.15, 0.2) is 6.61 Å². The summed E-state index contributed by atoms with van der Waals surface area (Å²) < 4.78 is 4.73. The summed E-state index contributed by atoms with van der Waals surface area (Å²) in [6.07, 6.45) is 7.01. The number of carbonyl (C=O) groups is 1. The van der Waals surface area contributed by atoms with Gasteiger partial charge in [0.05, 0.1) is 18.4 Å². The van der Waals surface area contributed by atoms with Gasteiger partial charge in [-0.05, 0) is 6.92 Å². The topological polar surface area (TPSA) is 95.3 Å². The Hall–Kier alpha value is -1.67. The van der Waals surface area contributed by atoms with E-state index in [2.05, 4.69) is 31.3 Å². The van der Waals surface area contributed by atoms with Crippen molar-refractivity contribution in [2.45, 2.75) is 20.5 Å². The van der Waals surface area contributed by atoms with Gasteiger partial charge in [0, 0.05) is 44.5 Å². The largest absolute Gasteiger partial charge is 0.465 e. The van der Waals surface area contributed by atoms with Crippen molar-refractivity contribution in [1.82, 2.24) is 9.97 Å². The number of rotatable bonds is 7. The van der Waals surface area contributed by atoms with Gasteiger partial charge >= 0.3 is 5.97 Å². The van der Waals surface area contributed by atoms with Gasteiger partial charge in [-0.25, -0.2) is 14.8 Å². The molecule has 0 N–H and O–H groups in total. The van der Waals surface area contributed by atoms with Crippen LogP contribution in [-0.2, 0) is 58.5 Å². The van der Waals surface area contributed by atoms with Gasteiger partial charge in [-0.2, -0.15) is 0 Å². The molecule has 0 spiro atoms. The van der Waals surface area contributed by atoms with Crippen molar-refractivity contribution in [3.63, 3.8) is 0 Å². The fraction of sp³-hybridized carbons (Fsp3) is 0.357. The number of aromatic nitrogens is 2. The van der Waals surface area contributed by atoms with E-state index in [9.17, 15) is 4.79 Å². The molecule has 23 heavy (non-hydrogen) atoms. The van der Waals surface area contributed by atoms with Crippen LogP contribution >= 0.6 is 0 Å². The van der Waals surface area contributed by atoms with Gasteiger partial charge in [-0.15, -0.1) is 5.16 Å². The predicted octanol–water partition coefficient (Wildman–Crippen LogP) is 1.45. The number of nitrogens with zero attached hydrogens (tertiary/aromatic N) is 4. The summed E-state index contributed by atoms with van der Waals surface area (Å²) in [5, 5.41) is 7.22. The zero-order valence-electron chi connectivity index (χ0n) is 13.4. The fourth-order valence-corrected chi connectivity index (χ4v) is 1.51. The third-order valence-corrected chi connectivity index (χ3v) is 2.48. The van der Waals surface area contributed by atoms with E-state index >= 15 is 0 Å².